The number of rotatable bonds is 4. The monoisotopic (exact) mass is 363 g/mol. The first kappa shape index (κ1) is 20.7. The van der Waals surface area contributed by atoms with E-state index in [4.69, 9.17) is 9.47 Å². The van der Waals surface area contributed by atoms with Gasteiger partial charge in [0.1, 0.15) is 0 Å². The summed E-state index contributed by atoms with van der Waals surface area (Å²) < 4.78 is 10.6. The van der Waals surface area contributed by atoms with E-state index in [2.05, 4.69) is 46.2 Å². The third-order valence-corrected chi connectivity index (χ3v) is 6.37. The van der Waals surface area contributed by atoms with E-state index in [0.29, 0.717) is 5.57 Å². The lowest BCUT2D eigenvalue weighted by Gasteiger charge is -2.40. The number of ether oxygens (including phenoxy) is 2. The average molecular weight is 363 g/mol. The molecule has 0 amide bonds. The van der Waals surface area contributed by atoms with Gasteiger partial charge in [-0.1, -0.05) is 13.5 Å². The Labute approximate surface area is 157 Å². The summed E-state index contributed by atoms with van der Waals surface area (Å²) in [7, 11) is 2.08. The van der Waals surface area contributed by atoms with Crippen LogP contribution in [0, 0.1) is 17.8 Å². The standard InChI is InChI=1S/C21H33NO4/c1-10-25-18(23)14-12(3)16-17(13(4)15(14)19(24)26-11-2)21(7,8)22(9)20(16,5)6/h13-15H,3,10-11H2,1-2,4-9H3/t13?,14-,15-/m0/s1. The number of esters is 2. The Morgan fingerprint density at radius 2 is 1.54 bits per heavy atom. The summed E-state index contributed by atoms with van der Waals surface area (Å²) in [5, 5.41) is 0. The van der Waals surface area contributed by atoms with Gasteiger partial charge in [-0.25, -0.2) is 0 Å². The van der Waals surface area contributed by atoms with Gasteiger partial charge in [0, 0.05) is 11.1 Å². The zero-order valence-electron chi connectivity index (χ0n) is 17.4. The molecule has 0 N–H and O–H groups in total. The highest BCUT2D eigenvalue weighted by molar-refractivity contribution is 5.88. The predicted molar refractivity (Wildman–Crippen MR) is 101 cm³/mol. The molecule has 146 valence electrons. The Hall–Kier alpha value is -1.62. The van der Waals surface area contributed by atoms with E-state index in [9.17, 15) is 9.59 Å². The van der Waals surface area contributed by atoms with Gasteiger partial charge in [0.15, 0.2) is 0 Å². The van der Waals surface area contributed by atoms with E-state index in [1.54, 1.807) is 13.8 Å². The molecular formula is C21H33NO4. The zero-order chi connectivity index (χ0) is 20.0. The van der Waals surface area contributed by atoms with Crippen LogP contribution in [-0.2, 0) is 19.1 Å². The molecule has 5 nitrogen and oxygen atoms in total. The molecule has 0 aromatic carbocycles. The number of nitrogens with zero attached hydrogens (tertiary/aromatic N) is 1. The van der Waals surface area contributed by atoms with Crippen LogP contribution < -0.4 is 0 Å². The van der Waals surface area contributed by atoms with Crippen LogP contribution in [0.4, 0.5) is 0 Å². The van der Waals surface area contributed by atoms with Crippen molar-refractivity contribution in [3.05, 3.63) is 23.3 Å². The molecule has 0 aromatic heterocycles. The Kier molecular flexibility index (Phi) is 5.44. The lowest BCUT2D eigenvalue weighted by atomic mass is 9.63. The SMILES string of the molecule is C=C1C2=C(C(C)[C@H](C(=O)OCC)[C@H]1C(=O)OCC)C(C)(C)N(C)C2(C)C. The summed E-state index contributed by atoms with van der Waals surface area (Å²) in [4.78, 5) is 27.9. The molecule has 0 saturated carbocycles. The largest absolute Gasteiger partial charge is 0.466 e. The fourth-order valence-corrected chi connectivity index (χ4v) is 4.97. The average Bonchev–Trinajstić information content (AvgIpc) is 2.68. The van der Waals surface area contributed by atoms with Crippen molar-refractivity contribution in [2.45, 2.75) is 59.5 Å². The molecule has 0 spiro atoms. The van der Waals surface area contributed by atoms with Crippen LogP contribution in [0.25, 0.3) is 0 Å². The molecule has 1 heterocycles. The van der Waals surface area contributed by atoms with E-state index in [1.807, 2.05) is 6.92 Å². The number of likely N-dealkylation sites (N-methyl/N-ethyl adjacent to an activating group) is 1. The zero-order valence-corrected chi connectivity index (χ0v) is 17.4. The minimum atomic E-state index is -0.704. The minimum absolute atomic E-state index is 0.136. The van der Waals surface area contributed by atoms with E-state index in [1.165, 1.54) is 5.57 Å². The summed E-state index contributed by atoms with van der Waals surface area (Å²) in [5.74, 6) is -2.19. The predicted octanol–water partition coefficient (Wildman–Crippen LogP) is 3.35. The maximum Gasteiger partial charge on any atom is 0.314 e. The van der Waals surface area contributed by atoms with Crippen molar-refractivity contribution in [3.8, 4) is 0 Å². The van der Waals surface area contributed by atoms with Crippen molar-refractivity contribution in [1.29, 1.82) is 0 Å². The van der Waals surface area contributed by atoms with Gasteiger partial charge in [-0.15, -0.1) is 0 Å². The van der Waals surface area contributed by atoms with E-state index in [-0.39, 0.29) is 36.2 Å². The smallest absolute Gasteiger partial charge is 0.314 e. The summed E-state index contributed by atoms with van der Waals surface area (Å²) >= 11 is 0. The van der Waals surface area contributed by atoms with Gasteiger partial charge in [-0.2, -0.15) is 0 Å². The first-order chi connectivity index (χ1) is 11.9. The number of carbonyl (C=O) groups excluding carboxylic acids is 2. The van der Waals surface area contributed by atoms with Crippen molar-refractivity contribution >= 4 is 11.9 Å². The number of hydrogen-bond donors (Lipinski definition) is 0. The van der Waals surface area contributed by atoms with Crippen LogP contribution in [0.1, 0.15) is 48.5 Å². The second-order valence-electron chi connectivity index (χ2n) is 8.29. The molecule has 5 heteroatoms. The fraction of sp³-hybridized carbons (Fsp3) is 0.714. The quantitative estimate of drug-likeness (QED) is 0.717. The molecule has 0 saturated heterocycles. The van der Waals surface area contributed by atoms with Crippen molar-refractivity contribution in [2.24, 2.45) is 17.8 Å². The highest BCUT2D eigenvalue weighted by atomic mass is 16.5. The van der Waals surface area contributed by atoms with E-state index >= 15 is 0 Å². The molecule has 1 unspecified atom stereocenters. The molecule has 26 heavy (non-hydrogen) atoms. The van der Waals surface area contributed by atoms with Gasteiger partial charge in [0.05, 0.1) is 25.0 Å². The Balaban J connectivity index is 2.68. The van der Waals surface area contributed by atoms with Crippen LogP contribution >= 0.6 is 0 Å². The van der Waals surface area contributed by atoms with Gasteiger partial charge in [-0.05, 0) is 71.2 Å². The lowest BCUT2D eigenvalue weighted by Crippen LogP contribution is -2.48. The maximum atomic E-state index is 12.8. The van der Waals surface area contributed by atoms with Crippen LogP contribution in [0.5, 0.6) is 0 Å². The minimum Gasteiger partial charge on any atom is -0.466 e. The van der Waals surface area contributed by atoms with Gasteiger partial charge in [-0.3, -0.25) is 14.5 Å². The first-order valence-corrected chi connectivity index (χ1v) is 9.45. The summed E-state index contributed by atoms with van der Waals surface area (Å²) in [6.45, 7) is 19.0. The number of hydrogen-bond acceptors (Lipinski definition) is 5. The highest BCUT2D eigenvalue weighted by Crippen LogP contribution is 2.56. The van der Waals surface area contributed by atoms with E-state index < -0.39 is 17.8 Å². The van der Waals surface area contributed by atoms with Gasteiger partial charge in [0.25, 0.3) is 0 Å². The third kappa shape index (κ3) is 2.81. The van der Waals surface area contributed by atoms with Crippen LogP contribution in [-0.4, -0.2) is 48.2 Å². The van der Waals surface area contributed by atoms with Gasteiger partial charge >= 0.3 is 11.9 Å². The molecule has 0 aromatic rings. The summed E-state index contributed by atoms with van der Waals surface area (Å²) in [6, 6.07) is 0. The van der Waals surface area contributed by atoms with Crippen molar-refractivity contribution in [2.75, 3.05) is 20.3 Å². The molecule has 1 aliphatic heterocycles. The molecule has 1 aliphatic carbocycles. The normalized spacial score (nSPS) is 30.2. The Morgan fingerprint density at radius 3 is 2.04 bits per heavy atom. The Morgan fingerprint density at radius 1 is 1.04 bits per heavy atom. The molecule has 2 aliphatic rings. The molecular weight excluding hydrogens is 330 g/mol. The second kappa shape index (κ2) is 6.84. The van der Waals surface area contributed by atoms with Crippen molar-refractivity contribution in [1.82, 2.24) is 4.90 Å². The topological polar surface area (TPSA) is 55.8 Å². The highest BCUT2D eigenvalue weighted by Gasteiger charge is 2.58. The van der Waals surface area contributed by atoms with Crippen LogP contribution in [0.3, 0.4) is 0 Å². The lowest BCUT2D eigenvalue weighted by molar-refractivity contribution is -0.160. The molecule has 3 atom stereocenters. The Bertz CT molecular complexity index is 659. The molecule has 0 radical (unpaired) electrons. The van der Waals surface area contributed by atoms with Crippen molar-refractivity contribution < 1.29 is 19.1 Å². The second-order valence-corrected chi connectivity index (χ2v) is 8.29. The third-order valence-electron chi connectivity index (χ3n) is 6.37. The van der Waals surface area contributed by atoms with Crippen LogP contribution in [0.2, 0.25) is 0 Å². The van der Waals surface area contributed by atoms with E-state index in [0.717, 1.165) is 5.57 Å². The molecule has 2 rings (SSSR count). The van der Waals surface area contributed by atoms with Crippen LogP contribution in [0.15, 0.2) is 23.3 Å². The maximum absolute atomic E-state index is 12.8. The summed E-state index contributed by atoms with van der Waals surface area (Å²) in [5.41, 5.74) is 2.42. The van der Waals surface area contributed by atoms with Gasteiger partial charge < -0.3 is 9.47 Å². The number of carbonyl (C=O) groups is 2. The molecule has 0 fully saturated rings. The first-order valence-electron chi connectivity index (χ1n) is 9.45. The summed E-state index contributed by atoms with van der Waals surface area (Å²) in [6.07, 6.45) is 0. The van der Waals surface area contributed by atoms with Crippen molar-refractivity contribution in [3.63, 3.8) is 0 Å². The molecule has 0 bridgehead atoms. The fourth-order valence-electron chi connectivity index (χ4n) is 4.97. The van der Waals surface area contributed by atoms with Gasteiger partial charge in [0.2, 0.25) is 0 Å².